The van der Waals surface area contributed by atoms with Crippen LogP contribution in [0.1, 0.15) is 122 Å². The predicted molar refractivity (Wildman–Crippen MR) is 333 cm³/mol. The Morgan fingerprint density at radius 3 is 1.55 bits per heavy atom. The van der Waals surface area contributed by atoms with E-state index in [1.165, 1.54) is 55.7 Å². The average Bonchev–Trinajstić information content (AvgIpc) is 3.72. The lowest BCUT2D eigenvalue weighted by Gasteiger charge is -2.46. The van der Waals surface area contributed by atoms with Crippen LogP contribution in [0.4, 0.5) is 51.2 Å². The van der Waals surface area contributed by atoms with Crippen LogP contribution in [0.3, 0.4) is 0 Å². The first-order valence-electron chi connectivity index (χ1n) is 27.5. The zero-order valence-electron chi connectivity index (χ0n) is 47.9. The Balaban J connectivity index is 1.23. The number of anilines is 9. The molecule has 0 spiro atoms. The van der Waals surface area contributed by atoms with Crippen LogP contribution in [0.2, 0.25) is 0 Å². The van der Waals surface area contributed by atoms with Crippen molar-refractivity contribution in [2.24, 2.45) is 0 Å². The molecule has 0 bridgehead atoms. The summed E-state index contributed by atoms with van der Waals surface area (Å²) in [6.07, 6.45) is 1.92. The van der Waals surface area contributed by atoms with Gasteiger partial charge in [-0.15, -0.1) is 0 Å². The van der Waals surface area contributed by atoms with Gasteiger partial charge < -0.3 is 19.1 Å². The van der Waals surface area contributed by atoms with E-state index in [1.807, 2.05) is 24.3 Å². The van der Waals surface area contributed by atoms with Gasteiger partial charge in [0.25, 0.3) is 6.71 Å². The van der Waals surface area contributed by atoms with Gasteiger partial charge in [-0.25, -0.2) is 0 Å². The van der Waals surface area contributed by atoms with Gasteiger partial charge in [-0.3, -0.25) is 0 Å². The molecule has 2 aliphatic rings. The van der Waals surface area contributed by atoms with E-state index in [9.17, 15) is 0 Å². The van der Waals surface area contributed by atoms with Gasteiger partial charge in [-0.1, -0.05) is 181 Å². The van der Waals surface area contributed by atoms with E-state index in [-0.39, 0.29) is 28.4 Å². The number of fused-ring (bicyclic) bond motifs is 5. The molecular formula is C72H74BN3O. The highest BCUT2D eigenvalue weighted by Crippen LogP contribution is 2.50. The Hall–Kier alpha value is -7.76. The number of hydrogen-bond donors (Lipinski definition) is 0. The highest BCUT2D eigenvalue weighted by atomic mass is 16.3. The van der Waals surface area contributed by atoms with Gasteiger partial charge in [0, 0.05) is 61.7 Å². The summed E-state index contributed by atoms with van der Waals surface area (Å²) < 4.78 is 6.58. The van der Waals surface area contributed by atoms with E-state index in [1.54, 1.807) is 0 Å². The van der Waals surface area contributed by atoms with Crippen molar-refractivity contribution in [1.29, 1.82) is 0 Å². The molecule has 77 heavy (non-hydrogen) atoms. The van der Waals surface area contributed by atoms with Crippen LogP contribution in [0.25, 0.3) is 23.1 Å². The highest BCUT2D eigenvalue weighted by Gasteiger charge is 2.45. The van der Waals surface area contributed by atoms with Crippen molar-refractivity contribution in [3.8, 4) is 0 Å². The second-order valence-corrected chi connectivity index (χ2v) is 25.8. The molecule has 0 amide bonds. The second kappa shape index (κ2) is 18.5. The van der Waals surface area contributed by atoms with Gasteiger partial charge in [0.1, 0.15) is 11.0 Å². The zero-order valence-corrected chi connectivity index (χ0v) is 47.9. The van der Waals surface area contributed by atoms with Crippen molar-refractivity contribution < 1.29 is 4.42 Å². The Morgan fingerprint density at radius 2 is 0.974 bits per heavy atom. The van der Waals surface area contributed by atoms with E-state index < -0.39 is 0 Å². The van der Waals surface area contributed by atoms with Gasteiger partial charge in [0.2, 0.25) is 0 Å². The maximum absolute atomic E-state index is 6.58. The molecular weight excluding hydrogens is 934 g/mol. The lowest BCUT2D eigenvalue weighted by atomic mass is 9.33. The maximum atomic E-state index is 6.58. The number of furan rings is 1. The summed E-state index contributed by atoms with van der Waals surface area (Å²) in [7, 11) is 0. The van der Waals surface area contributed by atoms with Crippen LogP contribution in [0.5, 0.6) is 0 Å². The minimum atomic E-state index is -0.187. The third-order valence-corrected chi connectivity index (χ3v) is 16.2. The smallest absolute Gasteiger partial charge is 0.252 e. The summed E-state index contributed by atoms with van der Waals surface area (Å²) in [4.78, 5) is 7.61. The topological polar surface area (TPSA) is 22.9 Å². The molecule has 3 heterocycles. The number of benzene rings is 8. The summed E-state index contributed by atoms with van der Waals surface area (Å²) in [5.41, 5.74) is 25.0. The number of nitrogens with zero attached hydrogens (tertiary/aromatic N) is 3. The Morgan fingerprint density at radius 1 is 0.494 bits per heavy atom. The largest absolute Gasteiger partial charge is 0.455 e. The van der Waals surface area contributed by atoms with E-state index in [0.717, 1.165) is 78.0 Å². The summed E-state index contributed by atoms with van der Waals surface area (Å²) in [6, 6.07) is 61.7. The van der Waals surface area contributed by atoms with E-state index in [0.29, 0.717) is 0 Å². The molecule has 0 fully saturated rings. The molecule has 0 saturated heterocycles. The molecule has 0 N–H and O–H groups in total. The minimum Gasteiger partial charge on any atom is -0.455 e. The molecule has 0 unspecified atom stereocenters. The molecule has 4 nitrogen and oxygen atoms in total. The fourth-order valence-corrected chi connectivity index (χ4v) is 11.9. The summed E-state index contributed by atoms with van der Waals surface area (Å²) in [5, 5.41) is 1.88. The van der Waals surface area contributed by atoms with Crippen molar-refractivity contribution in [2.45, 2.75) is 119 Å². The first-order chi connectivity index (χ1) is 36.4. The number of allylic oxidation sites excluding steroid dienone is 1. The molecule has 386 valence electrons. The number of hydrogen-bond acceptors (Lipinski definition) is 4. The molecule has 5 heteroatoms. The number of aryl methyl sites for hydroxylation is 2. The van der Waals surface area contributed by atoms with Crippen molar-refractivity contribution in [3.63, 3.8) is 0 Å². The first kappa shape index (κ1) is 51.4. The molecule has 0 radical (unpaired) electrons. The van der Waals surface area contributed by atoms with Crippen LogP contribution in [-0.2, 0) is 21.7 Å². The van der Waals surface area contributed by atoms with E-state index in [4.69, 9.17) is 4.42 Å². The normalized spacial score (nSPS) is 13.8. The van der Waals surface area contributed by atoms with Crippen LogP contribution >= 0.6 is 0 Å². The lowest BCUT2D eigenvalue weighted by Crippen LogP contribution is -2.61. The summed E-state index contributed by atoms with van der Waals surface area (Å²) >= 11 is 0. The zero-order chi connectivity index (χ0) is 54.7. The van der Waals surface area contributed by atoms with Crippen LogP contribution in [-0.4, -0.2) is 6.71 Å². The Kier molecular flexibility index (Phi) is 12.3. The molecule has 9 aromatic rings. The standard InChI is InChI=1S/C72H74BN3O/c1-17-57(68-47(4)58-25-21-22-26-65(58)77-68)48-39-45(2)67(46(3)40-48)76-62-44-56(74(53-23-19-18-20-24-53)54-32-27-49(28-33-54)69(5,6)7)36-38-60(62)73-59-37-31-51(71(11,12)13)41-61(59)75(55-34-29-50(30-35-55)70(8,9)10)63-42-52(72(14,15)16)43-64(76)66(63)73/h17-44H,1,4H2,2-3,5-16H3/b68-57-. The first-order valence-corrected chi connectivity index (χ1v) is 27.5. The third-order valence-electron chi connectivity index (χ3n) is 16.2. The fraction of sp³-hybridized carbons (Fsp3) is 0.250. The maximum Gasteiger partial charge on any atom is 0.252 e. The predicted octanol–water partition coefficient (Wildman–Crippen LogP) is 16.6. The van der Waals surface area contributed by atoms with Crippen LogP contribution in [0.15, 0.2) is 181 Å². The van der Waals surface area contributed by atoms with E-state index >= 15 is 0 Å². The monoisotopic (exact) mass is 1010 g/mol. The van der Waals surface area contributed by atoms with Crippen LogP contribution in [0, 0.1) is 13.8 Å². The van der Waals surface area contributed by atoms with Crippen LogP contribution < -0.4 is 41.7 Å². The van der Waals surface area contributed by atoms with Crippen molar-refractivity contribution in [2.75, 3.05) is 14.7 Å². The molecule has 0 atom stereocenters. The summed E-state index contributed by atoms with van der Waals surface area (Å²) in [6.45, 7) is 41.1. The quantitative estimate of drug-likeness (QED) is 0.148. The molecule has 0 aliphatic carbocycles. The molecule has 0 saturated carbocycles. The van der Waals surface area contributed by atoms with Crippen molar-refractivity contribution >= 4 is 97.4 Å². The van der Waals surface area contributed by atoms with Gasteiger partial charge in [-0.05, 0) is 176 Å². The van der Waals surface area contributed by atoms with Gasteiger partial charge in [0.05, 0.1) is 5.69 Å². The molecule has 11 rings (SSSR count). The SMILES string of the molecule is C=C/C(c1cc(C)c(N2c3cc(N(c4ccccc4)c4ccc(C(C)(C)C)cc4)ccc3B3c4ccc(C(C)(C)C)cc4N(c4ccc(C(C)(C)C)cc4)c4cc(C(C)(C)C)cc2c43)c(C)c1)=c1/oc2ccccc2c1=C. The number of rotatable bonds is 7. The average molecular weight is 1010 g/mol. The summed E-state index contributed by atoms with van der Waals surface area (Å²) in [5.74, 6) is 0. The van der Waals surface area contributed by atoms with Crippen molar-refractivity contribution in [3.05, 3.63) is 226 Å². The molecule has 2 aliphatic heterocycles. The lowest BCUT2D eigenvalue weighted by molar-refractivity contribution is 0.573. The number of para-hydroxylation sites is 2. The molecule has 1 aromatic heterocycles. The van der Waals surface area contributed by atoms with Gasteiger partial charge in [0.15, 0.2) is 0 Å². The minimum absolute atomic E-state index is 0.0143. The highest BCUT2D eigenvalue weighted by molar-refractivity contribution is 7.00. The fourth-order valence-electron chi connectivity index (χ4n) is 11.9. The van der Waals surface area contributed by atoms with Gasteiger partial charge in [-0.2, -0.15) is 0 Å². The van der Waals surface area contributed by atoms with Crippen molar-refractivity contribution in [1.82, 2.24) is 0 Å². The Labute approximate surface area is 458 Å². The Bertz CT molecular complexity index is 3890. The third kappa shape index (κ3) is 8.92. The van der Waals surface area contributed by atoms with E-state index in [2.05, 4.69) is 270 Å². The second-order valence-electron chi connectivity index (χ2n) is 25.8. The molecule has 8 aromatic carbocycles. The van der Waals surface area contributed by atoms with Gasteiger partial charge >= 0.3 is 0 Å².